The van der Waals surface area contributed by atoms with Crippen LogP contribution in [0.1, 0.15) is 38.3 Å². The van der Waals surface area contributed by atoms with Crippen molar-refractivity contribution in [3.8, 4) is 0 Å². The Balaban J connectivity index is 2.15. The van der Waals surface area contributed by atoms with Gasteiger partial charge in [0.15, 0.2) is 0 Å². The minimum Gasteiger partial charge on any atom is -0.325 e. The zero-order valence-electron chi connectivity index (χ0n) is 11.3. The molecule has 0 saturated carbocycles. The molecule has 3 nitrogen and oxygen atoms in total. The third kappa shape index (κ3) is 2.50. The van der Waals surface area contributed by atoms with Crippen LogP contribution in [-0.2, 0) is 0 Å². The first kappa shape index (κ1) is 12.9. The predicted octanol–water partition coefficient (Wildman–Crippen LogP) is 3.29. The Bertz CT molecular complexity index is 387. The number of carbonyl (C=O) groups is 1. The van der Waals surface area contributed by atoms with Gasteiger partial charge in [0.2, 0.25) is 0 Å². The molecule has 98 valence electrons. The number of hydrogen-bond acceptors (Lipinski definition) is 1. The summed E-state index contributed by atoms with van der Waals surface area (Å²) in [5.41, 5.74) is 1.26. The minimum absolute atomic E-state index is 0.186. The van der Waals surface area contributed by atoms with Crippen molar-refractivity contribution in [1.82, 2.24) is 9.80 Å². The van der Waals surface area contributed by atoms with E-state index >= 15 is 0 Å². The number of urea groups is 1. The van der Waals surface area contributed by atoms with Gasteiger partial charge in [0.25, 0.3) is 0 Å². The maximum atomic E-state index is 12.4. The topological polar surface area (TPSA) is 23.6 Å². The van der Waals surface area contributed by atoms with Crippen LogP contribution in [0.5, 0.6) is 0 Å². The first-order valence-corrected chi connectivity index (χ1v) is 6.88. The molecule has 18 heavy (non-hydrogen) atoms. The molecule has 1 unspecified atom stereocenters. The summed E-state index contributed by atoms with van der Waals surface area (Å²) < 4.78 is 0. The highest BCUT2D eigenvalue weighted by Crippen LogP contribution is 2.32. The maximum Gasteiger partial charge on any atom is 0.320 e. The largest absolute Gasteiger partial charge is 0.325 e. The second kappa shape index (κ2) is 5.89. The van der Waals surface area contributed by atoms with Crippen LogP contribution in [0.3, 0.4) is 0 Å². The van der Waals surface area contributed by atoms with Gasteiger partial charge in [-0.1, -0.05) is 30.3 Å². The van der Waals surface area contributed by atoms with Crippen molar-refractivity contribution >= 4 is 6.03 Å². The summed E-state index contributed by atoms with van der Waals surface area (Å²) in [6.45, 7) is 6.53. The Hall–Kier alpha value is -1.51. The van der Waals surface area contributed by atoms with E-state index in [2.05, 4.69) is 12.1 Å². The van der Waals surface area contributed by atoms with Crippen molar-refractivity contribution in [3.05, 3.63) is 35.9 Å². The van der Waals surface area contributed by atoms with Gasteiger partial charge in [-0.2, -0.15) is 0 Å². The molecule has 2 amide bonds. The fourth-order valence-corrected chi connectivity index (χ4v) is 2.69. The zero-order valence-corrected chi connectivity index (χ0v) is 11.3. The number of hydrogen-bond donors (Lipinski definition) is 0. The van der Waals surface area contributed by atoms with Gasteiger partial charge >= 0.3 is 6.03 Å². The third-order valence-electron chi connectivity index (χ3n) is 3.72. The van der Waals surface area contributed by atoms with Gasteiger partial charge in [0.05, 0.1) is 6.04 Å². The Kier molecular flexibility index (Phi) is 4.24. The Morgan fingerprint density at radius 3 is 2.56 bits per heavy atom. The summed E-state index contributed by atoms with van der Waals surface area (Å²) in [6, 6.07) is 10.8. The first-order valence-electron chi connectivity index (χ1n) is 6.88. The molecule has 1 aliphatic heterocycles. The Labute approximate surface area is 109 Å². The molecule has 2 rings (SSSR count). The highest BCUT2D eigenvalue weighted by molar-refractivity contribution is 5.75. The molecule has 0 N–H and O–H groups in total. The molecule has 1 aliphatic rings. The van der Waals surface area contributed by atoms with Gasteiger partial charge in [0, 0.05) is 19.6 Å². The Morgan fingerprint density at radius 2 is 1.94 bits per heavy atom. The molecule has 0 radical (unpaired) electrons. The average molecular weight is 246 g/mol. The van der Waals surface area contributed by atoms with Crippen LogP contribution in [-0.4, -0.2) is 35.5 Å². The fourth-order valence-electron chi connectivity index (χ4n) is 2.69. The normalized spacial score (nSPS) is 19.0. The summed E-state index contributed by atoms with van der Waals surface area (Å²) in [5, 5.41) is 0. The molecule has 1 heterocycles. The van der Waals surface area contributed by atoms with Crippen molar-refractivity contribution in [2.24, 2.45) is 0 Å². The molecule has 0 aliphatic carbocycles. The third-order valence-corrected chi connectivity index (χ3v) is 3.72. The second-order valence-corrected chi connectivity index (χ2v) is 4.72. The van der Waals surface area contributed by atoms with E-state index < -0.39 is 0 Å². The van der Waals surface area contributed by atoms with Gasteiger partial charge in [-0.15, -0.1) is 0 Å². The summed E-state index contributed by atoms with van der Waals surface area (Å²) in [5.74, 6) is 0. The number of benzene rings is 1. The van der Waals surface area contributed by atoms with E-state index in [4.69, 9.17) is 0 Å². The van der Waals surface area contributed by atoms with Gasteiger partial charge in [-0.05, 0) is 32.3 Å². The fraction of sp³-hybridized carbons (Fsp3) is 0.533. The molecule has 1 aromatic carbocycles. The summed E-state index contributed by atoms with van der Waals surface area (Å²) >= 11 is 0. The van der Waals surface area contributed by atoms with Crippen LogP contribution in [0.2, 0.25) is 0 Å². The van der Waals surface area contributed by atoms with Crippen LogP contribution < -0.4 is 0 Å². The molecule has 1 fully saturated rings. The number of nitrogens with zero attached hydrogens (tertiary/aromatic N) is 2. The molecular weight excluding hydrogens is 224 g/mol. The van der Waals surface area contributed by atoms with Gasteiger partial charge in [-0.3, -0.25) is 0 Å². The molecule has 0 spiro atoms. The standard InChI is InChI=1S/C15H22N2O/c1-3-16(4-2)15(18)17-12-8-11-14(17)13-9-6-5-7-10-13/h5-7,9-10,14H,3-4,8,11-12H2,1-2H3. The van der Waals surface area contributed by atoms with Crippen LogP contribution in [0, 0.1) is 0 Å². The molecular formula is C15H22N2O. The predicted molar refractivity (Wildman–Crippen MR) is 73.4 cm³/mol. The van der Waals surface area contributed by atoms with Crippen LogP contribution in [0.25, 0.3) is 0 Å². The highest BCUT2D eigenvalue weighted by Gasteiger charge is 2.31. The van der Waals surface area contributed by atoms with E-state index in [9.17, 15) is 4.79 Å². The number of amides is 2. The maximum absolute atomic E-state index is 12.4. The average Bonchev–Trinajstić information content (AvgIpc) is 2.90. The summed E-state index contributed by atoms with van der Waals surface area (Å²) in [7, 11) is 0. The minimum atomic E-state index is 0.186. The second-order valence-electron chi connectivity index (χ2n) is 4.72. The van der Waals surface area contributed by atoms with E-state index in [0.29, 0.717) is 0 Å². The molecule has 0 aromatic heterocycles. The Morgan fingerprint density at radius 1 is 1.28 bits per heavy atom. The van der Waals surface area contributed by atoms with E-state index in [1.165, 1.54) is 5.56 Å². The smallest absolute Gasteiger partial charge is 0.320 e. The van der Waals surface area contributed by atoms with E-state index in [1.807, 2.05) is 41.8 Å². The van der Waals surface area contributed by atoms with Crippen molar-refractivity contribution in [3.63, 3.8) is 0 Å². The van der Waals surface area contributed by atoms with Crippen molar-refractivity contribution < 1.29 is 4.79 Å². The lowest BCUT2D eigenvalue weighted by Gasteiger charge is -2.30. The molecule has 1 atom stereocenters. The van der Waals surface area contributed by atoms with Crippen LogP contribution >= 0.6 is 0 Å². The van der Waals surface area contributed by atoms with Crippen molar-refractivity contribution in [2.75, 3.05) is 19.6 Å². The lowest BCUT2D eigenvalue weighted by atomic mass is 10.1. The summed E-state index contributed by atoms with van der Waals surface area (Å²) in [6.07, 6.45) is 2.18. The van der Waals surface area contributed by atoms with Crippen molar-refractivity contribution in [1.29, 1.82) is 0 Å². The van der Waals surface area contributed by atoms with Crippen LogP contribution in [0.15, 0.2) is 30.3 Å². The lowest BCUT2D eigenvalue weighted by molar-refractivity contribution is 0.152. The number of rotatable bonds is 3. The van der Waals surface area contributed by atoms with E-state index in [0.717, 1.165) is 32.5 Å². The number of likely N-dealkylation sites (tertiary alicyclic amines) is 1. The molecule has 0 bridgehead atoms. The first-order chi connectivity index (χ1) is 8.77. The SMILES string of the molecule is CCN(CC)C(=O)N1CCCC1c1ccccc1. The highest BCUT2D eigenvalue weighted by atomic mass is 16.2. The summed E-state index contributed by atoms with van der Waals surface area (Å²) in [4.78, 5) is 16.4. The monoisotopic (exact) mass is 246 g/mol. The molecule has 1 saturated heterocycles. The quantitative estimate of drug-likeness (QED) is 0.802. The van der Waals surface area contributed by atoms with Crippen LogP contribution in [0.4, 0.5) is 4.79 Å². The van der Waals surface area contributed by atoms with Crippen molar-refractivity contribution in [2.45, 2.75) is 32.7 Å². The van der Waals surface area contributed by atoms with Gasteiger partial charge in [-0.25, -0.2) is 4.79 Å². The van der Waals surface area contributed by atoms with E-state index in [1.54, 1.807) is 0 Å². The molecule has 1 aromatic rings. The molecule has 3 heteroatoms. The number of carbonyl (C=O) groups excluding carboxylic acids is 1. The van der Waals surface area contributed by atoms with E-state index in [-0.39, 0.29) is 12.1 Å². The van der Waals surface area contributed by atoms with Gasteiger partial charge in [0.1, 0.15) is 0 Å². The zero-order chi connectivity index (χ0) is 13.0. The van der Waals surface area contributed by atoms with Gasteiger partial charge < -0.3 is 9.80 Å². The lowest BCUT2D eigenvalue weighted by Crippen LogP contribution is -2.42.